The van der Waals surface area contributed by atoms with Crippen LogP contribution in [0.3, 0.4) is 0 Å². The molecule has 0 fully saturated rings. The number of carbonyl (C=O) groups is 1. The molecule has 1 unspecified atom stereocenters. The highest BCUT2D eigenvalue weighted by molar-refractivity contribution is 5.76. The zero-order chi connectivity index (χ0) is 15.2. The predicted molar refractivity (Wildman–Crippen MR) is 82.8 cm³/mol. The second kappa shape index (κ2) is 6.93. The summed E-state index contributed by atoms with van der Waals surface area (Å²) in [5.41, 5.74) is 0.782. The number of hydrogen-bond acceptors (Lipinski definition) is 2. The summed E-state index contributed by atoms with van der Waals surface area (Å²) in [6.45, 7) is 4.06. The summed E-state index contributed by atoms with van der Waals surface area (Å²) in [6, 6.07) is 16.8. The Kier molecular flexibility index (Phi) is 4.99. The Morgan fingerprint density at radius 1 is 1.05 bits per heavy atom. The van der Waals surface area contributed by atoms with Crippen LogP contribution in [0.25, 0.3) is 0 Å². The Labute approximate surface area is 125 Å². The maximum atomic E-state index is 11.5. The van der Waals surface area contributed by atoms with Crippen molar-refractivity contribution in [3.63, 3.8) is 0 Å². The predicted octanol–water partition coefficient (Wildman–Crippen LogP) is 4.69. The van der Waals surface area contributed by atoms with Gasteiger partial charge in [0.25, 0.3) is 0 Å². The van der Waals surface area contributed by atoms with E-state index >= 15 is 0 Å². The van der Waals surface area contributed by atoms with Crippen LogP contribution < -0.4 is 4.74 Å². The lowest BCUT2D eigenvalue weighted by molar-refractivity contribution is -0.139. The molecule has 0 aliphatic heterocycles. The molecule has 0 spiro atoms. The third-order valence-electron chi connectivity index (χ3n) is 3.24. The van der Waals surface area contributed by atoms with Gasteiger partial charge in [0, 0.05) is 0 Å². The molecule has 0 saturated carbocycles. The van der Waals surface area contributed by atoms with E-state index in [9.17, 15) is 9.90 Å². The number of ether oxygens (including phenoxy) is 1. The molecule has 2 aromatic rings. The average molecular weight is 284 g/mol. The fourth-order valence-electron chi connectivity index (χ4n) is 2.27. The van der Waals surface area contributed by atoms with Crippen LogP contribution in [0.15, 0.2) is 54.6 Å². The quantitative estimate of drug-likeness (QED) is 0.836. The van der Waals surface area contributed by atoms with E-state index in [1.54, 1.807) is 0 Å². The molecule has 0 aliphatic carbocycles. The first kappa shape index (κ1) is 15.1. The van der Waals surface area contributed by atoms with E-state index in [0.717, 1.165) is 11.3 Å². The Morgan fingerprint density at radius 3 is 2.33 bits per heavy atom. The summed E-state index contributed by atoms with van der Waals surface area (Å²) in [5.74, 6) is 0.439. The van der Waals surface area contributed by atoms with E-state index in [0.29, 0.717) is 18.1 Å². The summed E-state index contributed by atoms with van der Waals surface area (Å²) < 4.78 is 5.76. The van der Waals surface area contributed by atoms with Crippen molar-refractivity contribution in [2.75, 3.05) is 0 Å². The van der Waals surface area contributed by atoms with Gasteiger partial charge in [0.05, 0.1) is 5.92 Å². The third kappa shape index (κ3) is 4.35. The van der Waals surface area contributed by atoms with Gasteiger partial charge in [-0.25, -0.2) is 0 Å². The van der Waals surface area contributed by atoms with E-state index in [-0.39, 0.29) is 0 Å². The molecule has 21 heavy (non-hydrogen) atoms. The van der Waals surface area contributed by atoms with Crippen LogP contribution in [0.2, 0.25) is 0 Å². The first-order chi connectivity index (χ1) is 10.1. The van der Waals surface area contributed by atoms with Crippen LogP contribution in [0.4, 0.5) is 0 Å². The van der Waals surface area contributed by atoms with Crippen molar-refractivity contribution >= 4 is 5.97 Å². The SMILES string of the molecule is CC(C)CC(C(=O)O)c1cccc(Oc2ccccc2)c1. The summed E-state index contributed by atoms with van der Waals surface area (Å²) in [7, 11) is 0. The Bertz CT molecular complexity index is 590. The average Bonchev–Trinajstić information content (AvgIpc) is 2.45. The number of benzene rings is 2. The molecule has 2 aromatic carbocycles. The molecule has 1 atom stereocenters. The largest absolute Gasteiger partial charge is 0.481 e. The third-order valence-corrected chi connectivity index (χ3v) is 3.24. The van der Waals surface area contributed by atoms with Crippen LogP contribution in [0.1, 0.15) is 31.7 Å². The second-order valence-corrected chi connectivity index (χ2v) is 5.51. The van der Waals surface area contributed by atoms with Crippen molar-refractivity contribution in [1.82, 2.24) is 0 Å². The molecular formula is C18H20O3. The minimum absolute atomic E-state index is 0.324. The van der Waals surface area contributed by atoms with E-state index in [4.69, 9.17) is 4.74 Å². The summed E-state index contributed by atoms with van der Waals surface area (Å²) in [4.78, 5) is 11.5. The zero-order valence-electron chi connectivity index (χ0n) is 12.3. The number of para-hydroxylation sites is 1. The van der Waals surface area contributed by atoms with Gasteiger partial charge in [-0.05, 0) is 42.2 Å². The summed E-state index contributed by atoms with van der Waals surface area (Å²) >= 11 is 0. The standard InChI is InChI=1S/C18H20O3/c1-13(2)11-17(18(19)20)14-7-6-10-16(12-14)21-15-8-4-3-5-9-15/h3-10,12-13,17H,11H2,1-2H3,(H,19,20). The number of rotatable bonds is 6. The Hall–Kier alpha value is -2.29. The van der Waals surface area contributed by atoms with Gasteiger partial charge in [0.15, 0.2) is 0 Å². The molecule has 0 aliphatic rings. The first-order valence-corrected chi connectivity index (χ1v) is 7.12. The maximum Gasteiger partial charge on any atom is 0.310 e. The molecule has 0 aromatic heterocycles. The molecule has 0 amide bonds. The van der Waals surface area contributed by atoms with E-state index in [1.807, 2.05) is 68.4 Å². The molecule has 0 radical (unpaired) electrons. The molecule has 0 saturated heterocycles. The first-order valence-electron chi connectivity index (χ1n) is 7.12. The minimum atomic E-state index is -0.791. The highest BCUT2D eigenvalue weighted by atomic mass is 16.5. The fourth-order valence-corrected chi connectivity index (χ4v) is 2.27. The lowest BCUT2D eigenvalue weighted by Gasteiger charge is -2.16. The van der Waals surface area contributed by atoms with Gasteiger partial charge in [-0.3, -0.25) is 4.79 Å². The van der Waals surface area contributed by atoms with Gasteiger partial charge in [-0.2, -0.15) is 0 Å². The van der Waals surface area contributed by atoms with Gasteiger partial charge < -0.3 is 9.84 Å². The Morgan fingerprint density at radius 2 is 1.71 bits per heavy atom. The van der Waals surface area contributed by atoms with E-state index < -0.39 is 11.9 Å². The summed E-state index contributed by atoms with van der Waals surface area (Å²) in [5, 5.41) is 9.42. The molecule has 3 nitrogen and oxygen atoms in total. The maximum absolute atomic E-state index is 11.5. The van der Waals surface area contributed by atoms with Gasteiger partial charge in [0.1, 0.15) is 11.5 Å². The van der Waals surface area contributed by atoms with Crippen molar-refractivity contribution in [3.05, 3.63) is 60.2 Å². The second-order valence-electron chi connectivity index (χ2n) is 5.51. The normalized spacial score (nSPS) is 12.1. The number of hydrogen-bond donors (Lipinski definition) is 1. The fraction of sp³-hybridized carbons (Fsp3) is 0.278. The van der Waals surface area contributed by atoms with Gasteiger partial charge in [-0.1, -0.05) is 44.2 Å². The van der Waals surface area contributed by atoms with Crippen molar-refractivity contribution < 1.29 is 14.6 Å². The van der Waals surface area contributed by atoms with Crippen LogP contribution in [0, 0.1) is 5.92 Å². The molecule has 2 rings (SSSR count). The van der Waals surface area contributed by atoms with E-state index in [1.165, 1.54) is 0 Å². The lowest BCUT2D eigenvalue weighted by atomic mass is 9.90. The smallest absolute Gasteiger partial charge is 0.310 e. The topological polar surface area (TPSA) is 46.5 Å². The van der Waals surface area contributed by atoms with Gasteiger partial charge in [0.2, 0.25) is 0 Å². The zero-order valence-corrected chi connectivity index (χ0v) is 12.3. The molecule has 3 heteroatoms. The van der Waals surface area contributed by atoms with Crippen molar-refractivity contribution in [3.8, 4) is 11.5 Å². The number of carboxylic acid groups (broad SMARTS) is 1. The Balaban J connectivity index is 2.21. The van der Waals surface area contributed by atoms with Crippen molar-refractivity contribution in [1.29, 1.82) is 0 Å². The van der Waals surface area contributed by atoms with Gasteiger partial charge in [-0.15, -0.1) is 0 Å². The molecule has 1 N–H and O–H groups in total. The highest BCUT2D eigenvalue weighted by Crippen LogP contribution is 2.29. The van der Waals surface area contributed by atoms with Crippen LogP contribution in [-0.4, -0.2) is 11.1 Å². The number of carboxylic acids is 1. The highest BCUT2D eigenvalue weighted by Gasteiger charge is 2.21. The summed E-state index contributed by atoms with van der Waals surface area (Å²) in [6.07, 6.45) is 0.615. The number of aliphatic carboxylic acids is 1. The van der Waals surface area contributed by atoms with Crippen molar-refractivity contribution in [2.45, 2.75) is 26.2 Å². The van der Waals surface area contributed by atoms with Crippen LogP contribution in [-0.2, 0) is 4.79 Å². The van der Waals surface area contributed by atoms with Crippen LogP contribution >= 0.6 is 0 Å². The van der Waals surface area contributed by atoms with Gasteiger partial charge >= 0.3 is 5.97 Å². The molecule has 0 bridgehead atoms. The van der Waals surface area contributed by atoms with Crippen molar-refractivity contribution in [2.24, 2.45) is 5.92 Å². The molecule has 110 valence electrons. The van der Waals surface area contributed by atoms with Crippen LogP contribution in [0.5, 0.6) is 11.5 Å². The lowest BCUT2D eigenvalue weighted by Crippen LogP contribution is -2.14. The minimum Gasteiger partial charge on any atom is -0.481 e. The molecular weight excluding hydrogens is 264 g/mol. The van der Waals surface area contributed by atoms with E-state index in [2.05, 4.69) is 0 Å². The molecule has 0 heterocycles. The monoisotopic (exact) mass is 284 g/mol.